The number of hydrogen-bond acceptors (Lipinski definition) is 4. The second-order valence-corrected chi connectivity index (χ2v) is 4.60. The van der Waals surface area contributed by atoms with Gasteiger partial charge in [-0.1, -0.05) is 0 Å². The predicted molar refractivity (Wildman–Crippen MR) is 60.7 cm³/mol. The molecule has 1 unspecified atom stereocenters. The second kappa shape index (κ2) is 4.70. The lowest BCUT2D eigenvalue weighted by atomic mass is 10.0. The molecule has 0 amide bonds. The Labute approximate surface area is 96.8 Å². The third-order valence-corrected chi connectivity index (χ3v) is 2.95. The van der Waals surface area contributed by atoms with Gasteiger partial charge in [0, 0.05) is 31.4 Å². The van der Waals surface area contributed by atoms with E-state index in [9.17, 15) is 4.79 Å². The minimum absolute atomic E-state index is 0.131. The molecule has 2 heterocycles. The molecule has 0 spiro atoms. The Morgan fingerprint density at radius 3 is 2.87 bits per heavy atom. The van der Waals surface area contributed by atoms with Gasteiger partial charge < -0.3 is 9.69 Å². The maximum Gasteiger partial charge on any atom is 0.225 e. The zero-order chi connectivity index (χ0) is 10.7. The van der Waals surface area contributed by atoms with Gasteiger partial charge in [0.05, 0.1) is 4.47 Å². The van der Waals surface area contributed by atoms with Crippen LogP contribution in [0.2, 0.25) is 0 Å². The fourth-order valence-corrected chi connectivity index (χ4v) is 1.98. The van der Waals surface area contributed by atoms with Gasteiger partial charge in [-0.2, -0.15) is 0 Å². The van der Waals surface area contributed by atoms with Crippen LogP contribution in [0.15, 0.2) is 16.9 Å². The van der Waals surface area contributed by atoms with E-state index in [1.807, 2.05) is 0 Å². The van der Waals surface area contributed by atoms with E-state index in [1.165, 1.54) is 0 Å². The van der Waals surface area contributed by atoms with Crippen LogP contribution in [0.5, 0.6) is 0 Å². The number of rotatable bonds is 2. The molecule has 1 fully saturated rings. The lowest BCUT2D eigenvalue weighted by Gasteiger charge is -2.29. The predicted octanol–water partition coefficient (Wildman–Crippen LogP) is 1.65. The molecule has 0 aromatic carbocycles. The van der Waals surface area contributed by atoms with Crippen molar-refractivity contribution in [1.29, 1.82) is 0 Å². The van der Waals surface area contributed by atoms with Crippen molar-refractivity contribution in [3.05, 3.63) is 16.9 Å². The van der Waals surface area contributed by atoms with Crippen molar-refractivity contribution in [2.45, 2.75) is 12.8 Å². The Balaban J connectivity index is 2.09. The van der Waals surface area contributed by atoms with E-state index in [0.29, 0.717) is 5.95 Å². The molecule has 1 atom stereocenters. The molecule has 5 heteroatoms. The molecule has 1 aliphatic heterocycles. The molecule has 1 aromatic rings. The van der Waals surface area contributed by atoms with Crippen LogP contribution in [-0.4, -0.2) is 29.3 Å². The van der Waals surface area contributed by atoms with Crippen LogP contribution in [0.1, 0.15) is 12.8 Å². The first-order valence-electron chi connectivity index (χ1n) is 4.97. The first-order valence-corrected chi connectivity index (χ1v) is 5.76. The largest absolute Gasteiger partial charge is 0.340 e. The summed E-state index contributed by atoms with van der Waals surface area (Å²) in [7, 11) is 0. The van der Waals surface area contributed by atoms with Crippen molar-refractivity contribution in [3.8, 4) is 0 Å². The van der Waals surface area contributed by atoms with Crippen molar-refractivity contribution in [2.24, 2.45) is 5.92 Å². The molecule has 4 nitrogen and oxygen atoms in total. The first-order chi connectivity index (χ1) is 7.29. The summed E-state index contributed by atoms with van der Waals surface area (Å²) in [4.78, 5) is 21.2. The van der Waals surface area contributed by atoms with E-state index in [-0.39, 0.29) is 5.92 Å². The molecule has 0 saturated carbocycles. The lowest BCUT2D eigenvalue weighted by molar-refractivity contribution is -0.111. The van der Waals surface area contributed by atoms with Crippen LogP contribution in [0.25, 0.3) is 0 Å². The van der Waals surface area contributed by atoms with E-state index in [0.717, 1.165) is 36.7 Å². The van der Waals surface area contributed by atoms with E-state index in [2.05, 4.69) is 30.8 Å². The highest BCUT2D eigenvalue weighted by Crippen LogP contribution is 2.19. The first kappa shape index (κ1) is 10.5. The minimum atomic E-state index is 0.131. The Bertz CT molecular complexity index is 341. The minimum Gasteiger partial charge on any atom is -0.340 e. The Morgan fingerprint density at radius 2 is 2.20 bits per heavy atom. The number of carbonyl (C=O) groups is 1. The maximum absolute atomic E-state index is 10.7. The zero-order valence-electron chi connectivity index (χ0n) is 8.27. The van der Waals surface area contributed by atoms with Crippen LogP contribution in [0.3, 0.4) is 0 Å². The normalized spacial score (nSPS) is 21.4. The molecular formula is C10H12BrN3O. The van der Waals surface area contributed by atoms with Crippen LogP contribution in [-0.2, 0) is 4.79 Å². The number of halogens is 1. The van der Waals surface area contributed by atoms with Crippen molar-refractivity contribution >= 4 is 28.2 Å². The molecule has 2 rings (SSSR count). The fourth-order valence-electron chi connectivity index (χ4n) is 1.77. The molecule has 1 aromatic heterocycles. The summed E-state index contributed by atoms with van der Waals surface area (Å²) in [5, 5.41) is 0. The van der Waals surface area contributed by atoms with Crippen LogP contribution in [0.4, 0.5) is 5.95 Å². The summed E-state index contributed by atoms with van der Waals surface area (Å²) in [6, 6.07) is 0. The molecule has 0 N–H and O–H groups in total. The van der Waals surface area contributed by atoms with Crippen LogP contribution >= 0.6 is 15.9 Å². The molecule has 15 heavy (non-hydrogen) atoms. The van der Waals surface area contributed by atoms with Gasteiger partial charge in [-0.05, 0) is 28.8 Å². The summed E-state index contributed by atoms with van der Waals surface area (Å²) in [6.07, 6.45) is 6.50. The topological polar surface area (TPSA) is 46.1 Å². The fraction of sp³-hybridized carbons (Fsp3) is 0.500. The monoisotopic (exact) mass is 269 g/mol. The number of aromatic nitrogens is 2. The van der Waals surface area contributed by atoms with Gasteiger partial charge in [-0.25, -0.2) is 9.97 Å². The number of hydrogen-bond donors (Lipinski definition) is 0. The van der Waals surface area contributed by atoms with Crippen molar-refractivity contribution in [3.63, 3.8) is 0 Å². The number of carbonyl (C=O) groups excluding carboxylic acids is 1. The van der Waals surface area contributed by atoms with E-state index < -0.39 is 0 Å². The van der Waals surface area contributed by atoms with E-state index in [1.54, 1.807) is 12.4 Å². The van der Waals surface area contributed by atoms with Crippen LogP contribution < -0.4 is 4.90 Å². The molecule has 1 saturated heterocycles. The van der Waals surface area contributed by atoms with Gasteiger partial charge in [0.1, 0.15) is 6.29 Å². The van der Waals surface area contributed by atoms with Crippen molar-refractivity contribution in [1.82, 2.24) is 9.97 Å². The summed E-state index contributed by atoms with van der Waals surface area (Å²) >= 11 is 3.30. The third-order valence-electron chi connectivity index (χ3n) is 2.54. The van der Waals surface area contributed by atoms with Crippen molar-refractivity contribution < 1.29 is 4.79 Å². The maximum atomic E-state index is 10.7. The highest BCUT2D eigenvalue weighted by Gasteiger charge is 2.20. The summed E-state index contributed by atoms with van der Waals surface area (Å²) in [5.41, 5.74) is 0. The summed E-state index contributed by atoms with van der Waals surface area (Å²) in [5.74, 6) is 0.843. The van der Waals surface area contributed by atoms with Crippen LogP contribution in [0, 0.1) is 5.92 Å². The highest BCUT2D eigenvalue weighted by atomic mass is 79.9. The number of nitrogens with zero attached hydrogens (tertiary/aromatic N) is 3. The number of aldehydes is 1. The van der Waals surface area contributed by atoms with Gasteiger partial charge in [-0.15, -0.1) is 0 Å². The van der Waals surface area contributed by atoms with Gasteiger partial charge >= 0.3 is 0 Å². The van der Waals surface area contributed by atoms with Gasteiger partial charge in [0.15, 0.2) is 0 Å². The Hall–Kier alpha value is -0.970. The Kier molecular flexibility index (Phi) is 3.30. The SMILES string of the molecule is O=CC1CCCN(c2ncc(Br)cn2)C1. The molecular weight excluding hydrogens is 258 g/mol. The highest BCUT2D eigenvalue weighted by molar-refractivity contribution is 9.10. The lowest BCUT2D eigenvalue weighted by Crippen LogP contribution is -2.37. The smallest absolute Gasteiger partial charge is 0.225 e. The van der Waals surface area contributed by atoms with Crippen molar-refractivity contribution in [2.75, 3.05) is 18.0 Å². The average molecular weight is 270 g/mol. The summed E-state index contributed by atoms with van der Waals surface area (Å²) < 4.78 is 0.871. The number of piperidine rings is 1. The molecule has 0 radical (unpaired) electrons. The summed E-state index contributed by atoms with van der Waals surface area (Å²) in [6.45, 7) is 1.68. The van der Waals surface area contributed by atoms with E-state index in [4.69, 9.17) is 0 Å². The average Bonchev–Trinajstić information content (AvgIpc) is 2.30. The molecule has 0 bridgehead atoms. The van der Waals surface area contributed by atoms with Gasteiger partial charge in [-0.3, -0.25) is 0 Å². The molecule has 80 valence electrons. The molecule has 1 aliphatic rings. The molecule has 0 aliphatic carbocycles. The quantitative estimate of drug-likeness (QED) is 0.767. The van der Waals surface area contributed by atoms with E-state index >= 15 is 0 Å². The zero-order valence-corrected chi connectivity index (χ0v) is 9.85. The second-order valence-electron chi connectivity index (χ2n) is 3.69. The third kappa shape index (κ3) is 2.53. The van der Waals surface area contributed by atoms with Gasteiger partial charge in [0.25, 0.3) is 0 Å². The Morgan fingerprint density at radius 1 is 1.47 bits per heavy atom. The number of anilines is 1. The standard InChI is InChI=1S/C10H12BrN3O/c11-9-4-12-10(13-5-9)14-3-1-2-8(6-14)7-15/h4-5,7-8H,1-3,6H2. The van der Waals surface area contributed by atoms with Gasteiger partial charge in [0.2, 0.25) is 5.95 Å².